The van der Waals surface area contributed by atoms with Gasteiger partial charge in [-0.3, -0.25) is 0 Å². The van der Waals surface area contributed by atoms with Crippen molar-refractivity contribution in [2.45, 2.75) is 61.0 Å². The second kappa shape index (κ2) is 9.42. The summed E-state index contributed by atoms with van der Waals surface area (Å²) in [6, 6.07) is 1.10. The predicted molar refractivity (Wildman–Crippen MR) is 124 cm³/mol. The average molecular weight is 474 g/mol. The minimum absolute atomic E-state index is 0.454. The van der Waals surface area contributed by atoms with Crippen LogP contribution >= 0.6 is 22.6 Å². The van der Waals surface area contributed by atoms with Crippen molar-refractivity contribution in [3.63, 3.8) is 0 Å². The zero-order valence-corrected chi connectivity index (χ0v) is 18.2. The summed E-state index contributed by atoms with van der Waals surface area (Å²) in [6.07, 6.45) is 29.2. The lowest BCUT2D eigenvalue weighted by molar-refractivity contribution is 0.367. The Morgan fingerprint density at radius 1 is 0.889 bits per heavy atom. The second-order valence-corrected chi connectivity index (χ2v) is 9.91. The van der Waals surface area contributed by atoms with Crippen molar-refractivity contribution in [1.29, 1.82) is 0 Å². The number of fused-ring (bicyclic) bond motifs is 1. The second-order valence-electron chi connectivity index (χ2n) is 8.15. The van der Waals surface area contributed by atoms with Gasteiger partial charge in [0.05, 0.1) is 0 Å². The number of halogens is 1. The van der Waals surface area contributed by atoms with Crippen molar-refractivity contribution in [3.05, 3.63) is 71.5 Å². The van der Waals surface area contributed by atoms with E-state index in [9.17, 15) is 0 Å². The van der Waals surface area contributed by atoms with E-state index in [1.807, 2.05) is 0 Å². The van der Waals surface area contributed by atoms with E-state index in [0.717, 1.165) is 10.5 Å². The summed E-state index contributed by atoms with van der Waals surface area (Å²) < 4.78 is 0.869. The maximum absolute atomic E-state index is 4.00. The Kier molecular flexibility index (Phi) is 6.72. The number of nitrogens with one attached hydrogen (secondary N) is 2. The van der Waals surface area contributed by atoms with Gasteiger partial charge >= 0.3 is 0 Å². The Hall–Kier alpha value is -1.07. The predicted octanol–water partition coefficient (Wildman–Crippen LogP) is 5.51. The molecule has 3 heteroatoms. The molecular weight excluding hydrogens is 443 g/mol. The van der Waals surface area contributed by atoms with Gasteiger partial charge in [-0.25, -0.2) is 0 Å². The lowest BCUT2D eigenvalue weighted by Crippen LogP contribution is -2.43. The Labute approximate surface area is 177 Å². The SMILES string of the molecule is I[C@H]1CC[C@@H](NC2=CC(C3=C/C=C\C=C/C=C\3)=CC3NCCCCC23)CC1. The quantitative estimate of drug-likeness (QED) is 0.416. The topological polar surface area (TPSA) is 24.1 Å². The van der Waals surface area contributed by atoms with Gasteiger partial charge in [0, 0.05) is 27.6 Å². The average Bonchev–Trinajstić information content (AvgIpc) is 2.89. The van der Waals surface area contributed by atoms with Gasteiger partial charge in [-0.05, 0) is 62.3 Å². The van der Waals surface area contributed by atoms with Crippen LogP contribution in [0.15, 0.2) is 71.5 Å². The molecule has 4 rings (SSSR count). The first-order valence-corrected chi connectivity index (χ1v) is 11.8. The molecule has 2 fully saturated rings. The molecule has 0 bridgehead atoms. The minimum atomic E-state index is 0.454. The molecule has 27 heavy (non-hydrogen) atoms. The molecule has 0 radical (unpaired) electrons. The van der Waals surface area contributed by atoms with Gasteiger partial charge in [0.25, 0.3) is 0 Å². The number of alkyl halides is 1. The fourth-order valence-electron chi connectivity index (χ4n) is 4.64. The van der Waals surface area contributed by atoms with Crippen LogP contribution in [0, 0.1) is 5.92 Å². The van der Waals surface area contributed by atoms with E-state index >= 15 is 0 Å². The van der Waals surface area contributed by atoms with Crippen molar-refractivity contribution in [1.82, 2.24) is 10.6 Å². The van der Waals surface area contributed by atoms with Crippen LogP contribution in [-0.4, -0.2) is 22.6 Å². The van der Waals surface area contributed by atoms with Crippen LogP contribution in [0.2, 0.25) is 0 Å². The summed E-state index contributed by atoms with van der Waals surface area (Å²) >= 11 is 2.62. The van der Waals surface area contributed by atoms with Crippen LogP contribution in [-0.2, 0) is 0 Å². The fourth-order valence-corrected chi connectivity index (χ4v) is 5.36. The lowest BCUT2D eigenvalue weighted by atomic mass is 9.82. The zero-order valence-electron chi connectivity index (χ0n) is 16.0. The Bertz CT molecular complexity index is 702. The van der Waals surface area contributed by atoms with E-state index in [-0.39, 0.29) is 0 Å². The maximum atomic E-state index is 4.00. The monoisotopic (exact) mass is 474 g/mol. The molecule has 1 saturated heterocycles. The molecule has 2 atom stereocenters. The van der Waals surface area contributed by atoms with E-state index in [0.29, 0.717) is 18.0 Å². The Morgan fingerprint density at radius 3 is 2.59 bits per heavy atom. The van der Waals surface area contributed by atoms with E-state index in [4.69, 9.17) is 0 Å². The third kappa shape index (κ3) is 5.05. The summed E-state index contributed by atoms with van der Waals surface area (Å²) in [5.41, 5.74) is 4.13. The fraction of sp³-hybridized carbons (Fsp3) is 0.500. The summed E-state index contributed by atoms with van der Waals surface area (Å²) in [4.78, 5) is 0. The van der Waals surface area contributed by atoms with E-state index < -0.39 is 0 Å². The summed E-state index contributed by atoms with van der Waals surface area (Å²) in [5.74, 6) is 0.599. The highest BCUT2D eigenvalue weighted by molar-refractivity contribution is 14.1. The molecular formula is C24H31IN2. The molecule has 1 saturated carbocycles. The van der Waals surface area contributed by atoms with Crippen LogP contribution in [0.4, 0.5) is 0 Å². The molecule has 0 spiro atoms. The zero-order chi connectivity index (χ0) is 18.5. The van der Waals surface area contributed by atoms with Crippen LogP contribution in [0.3, 0.4) is 0 Å². The smallest absolute Gasteiger partial charge is 0.0342 e. The molecule has 1 aliphatic heterocycles. The highest BCUT2D eigenvalue weighted by Gasteiger charge is 2.31. The van der Waals surface area contributed by atoms with E-state index in [1.54, 1.807) is 0 Å². The lowest BCUT2D eigenvalue weighted by Gasteiger charge is -2.35. The standard InChI is InChI=1S/C24H31IN2/c25-20-11-13-21(14-12-20)27-24-17-19(18-8-4-2-1-3-5-9-18)16-23-22(24)10-6-7-15-26-23/h1-5,8-9,16-17,20-23,26-27H,6-7,10-15H2/b2-1-,3-1?,4-2?,5-3-,8-4-,9-5?,18-8?,18-9+/t20-,21+,22?,23?. The number of allylic oxidation sites excluding steroid dienone is 10. The maximum Gasteiger partial charge on any atom is 0.0342 e. The van der Waals surface area contributed by atoms with E-state index in [2.05, 4.69) is 87.9 Å². The summed E-state index contributed by atoms with van der Waals surface area (Å²) in [6.45, 7) is 1.13. The van der Waals surface area contributed by atoms with Crippen molar-refractivity contribution in [2.75, 3.05) is 6.54 Å². The van der Waals surface area contributed by atoms with E-state index in [1.165, 1.54) is 61.8 Å². The molecule has 2 unspecified atom stereocenters. The largest absolute Gasteiger partial charge is 0.385 e. The molecule has 2 nitrogen and oxygen atoms in total. The summed E-state index contributed by atoms with van der Waals surface area (Å²) in [5, 5.41) is 7.81. The van der Waals surface area contributed by atoms with Gasteiger partial charge in [-0.15, -0.1) is 0 Å². The van der Waals surface area contributed by atoms with Crippen LogP contribution in [0.1, 0.15) is 44.9 Å². The third-order valence-corrected chi connectivity index (χ3v) is 7.43. The summed E-state index contributed by atoms with van der Waals surface area (Å²) in [7, 11) is 0. The molecule has 1 heterocycles. The normalized spacial score (nSPS) is 39.2. The van der Waals surface area contributed by atoms with Crippen LogP contribution < -0.4 is 10.6 Å². The highest BCUT2D eigenvalue weighted by Crippen LogP contribution is 2.34. The Balaban J connectivity index is 1.59. The van der Waals surface area contributed by atoms with Crippen LogP contribution in [0.5, 0.6) is 0 Å². The van der Waals surface area contributed by atoms with Gasteiger partial charge in [-0.1, -0.05) is 77.6 Å². The molecule has 0 aromatic heterocycles. The highest BCUT2D eigenvalue weighted by atomic mass is 127. The molecule has 4 aliphatic rings. The van der Waals surface area contributed by atoms with Gasteiger partial charge in [0.2, 0.25) is 0 Å². The molecule has 2 N–H and O–H groups in total. The van der Waals surface area contributed by atoms with Crippen LogP contribution in [0.25, 0.3) is 0 Å². The van der Waals surface area contributed by atoms with Crippen molar-refractivity contribution in [3.8, 4) is 0 Å². The molecule has 0 aromatic rings. The first kappa shape index (κ1) is 19.3. The van der Waals surface area contributed by atoms with Crippen molar-refractivity contribution in [2.24, 2.45) is 5.92 Å². The molecule has 0 aromatic carbocycles. The van der Waals surface area contributed by atoms with Crippen molar-refractivity contribution >= 4 is 22.6 Å². The minimum Gasteiger partial charge on any atom is -0.385 e. The Morgan fingerprint density at radius 2 is 1.70 bits per heavy atom. The van der Waals surface area contributed by atoms with Gasteiger partial charge in [-0.2, -0.15) is 0 Å². The number of hydrogen-bond donors (Lipinski definition) is 2. The third-order valence-electron chi connectivity index (χ3n) is 6.18. The van der Waals surface area contributed by atoms with Gasteiger partial charge < -0.3 is 10.6 Å². The molecule has 0 amide bonds. The number of hydrogen-bond acceptors (Lipinski definition) is 2. The first-order chi connectivity index (χ1) is 13.3. The first-order valence-electron chi connectivity index (χ1n) is 10.6. The van der Waals surface area contributed by atoms with Gasteiger partial charge in [0.15, 0.2) is 0 Å². The van der Waals surface area contributed by atoms with Gasteiger partial charge in [0.1, 0.15) is 0 Å². The number of rotatable bonds is 3. The van der Waals surface area contributed by atoms with Crippen molar-refractivity contribution < 1.29 is 0 Å². The molecule has 3 aliphatic carbocycles. The molecule has 144 valence electrons.